The van der Waals surface area contributed by atoms with Gasteiger partial charge in [0.15, 0.2) is 0 Å². The lowest BCUT2D eigenvalue weighted by atomic mass is 10.2. The Hall–Kier alpha value is -1.26. The molecule has 5 heteroatoms. The van der Waals surface area contributed by atoms with Crippen molar-refractivity contribution in [3.63, 3.8) is 0 Å². The van der Waals surface area contributed by atoms with Crippen LogP contribution in [0.1, 0.15) is 11.8 Å². The third kappa shape index (κ3) is 3.61. The largest absolute Gasteiger partial charge is 0.399 e. The molecule has 3 N–H and O–H groups in total. The van der Waals surface area contributed by atoms with Gasteiger partial charge in [0, 0.05) is 29.1 Å². The van der Waals surface area contributed by atoms with Gasteiger partial charge >= 0.3 is 0 Å². The van der Waals surface area contributed by atoms with E-state index in [0.29, 0.717) is 16.9 Å². The molecule has 1 atom stereocenters. The third-order valence-corrected chi connectivity index (χ3v) is 3.39. The molecule has 2 heterocycles. The normalized spacial score (nSPS) is 12.4. The topological polar surface area (TPSA) is 50.9 Å². The predicted molar refractivity (Wildman–Crippen MR) is 74.8 cm³/mol. The molecule has 0 bridgehead atoms. The first-order valence-corrected chi connectivity index (χ1v) is 6.61. The van der Waals surface area contributed by atoms with Crippen LogP contribution in [0.2, 0.25) is 5.15 Å². The highest BCUT2D eigenvalue weighted by Crippen LogP contribution is 2.18. The van der Waals surface area contributed by atoms with Gasteiger partial charge in [-0.15, -0.1) is 11.3 Å². The van der Waals surface area contributed by atoms with Crippen molar-refractivity contribution in [2.75, 3.05) is 11.1 Å². The molecule has 0 aromatic carbocycles. The summed E-state index contributed by atoms with van der Waals surface area (Å²) >= 11 is 7.60. The number of thiophene rings is 1. The van der Waals surface area contributed by atoms with E-state index in [-0.39, 0.29) is 0 Å². The van der Waals surface area contributed by atoms with Crippen LogP contribution >= 0.6 is 22.9 Å². The minimum Gasteiger partial charge on any atom is -0.399 e. The molecular weight excluding hydrogens is 254 g/mol. The minimum atomic E-state index is 0.291. The maximum Gasteiger partial charge on any atom is 0.133 e. The summed E-state index contributed by atoms with van der Waals surface area (Å²) in [5.74, 6) is 0.721. The van der Waals surface area contributed by atoms with E-state index in [1.807, 2.05) is 0 Å². The average molecular weight is 268 g/mol. The summed E-state index contributed by atoms with van der Waals surface area (Å²) in [6.45, 7) is 2.11. The lowest BCUT2D eigenvalue weighted by molar-refractivity contribution is 0.795. The van der Waals surface area contributed by atoms with Gasteiger partial charge in [0.25, 0.3) is 0 Å². The van der Waals surface area contributed by atoms with Crippen LogP contribution in [0, 0.1) is 0 Å². The lowest BCUT2D eigenvalue weighted by Crippen LogP contribution is -2.18. The fourth-order valence-electron chi connectivity index (χ4n) is 1.62. The Bertz CT molecular complexity index is 464. The second kappa shape index (κ2) is 5.38. The van der Waals surface area contributed by atoms with Crippen molar-refractivity contribution in [1.29, 1.82) is 0 Å². The van der Waals surface area contributed by atoms with Crippen molar-refractivity contribution >= 4 is 34.4 Å². The molecule has 0 saturated heterocycles. The van der Waals surface area contributed by atoms with Crippen LogP contribution in [0.3, 0.4) is 0 Å². The molecule has 0 aliphatic heterocycles. The van der Waals surface area contributed by atoms with Gasteiger partial charge in [-0.2, -0.15) is 0 Å². The first-order chi connectivity index (χ1) is 8.13. The van der Waals surface area contributed by atoms with Crippen LogP contribution in [0.5, 0.6) is 0 Å². The molecule has 1 unspecified atom stereocenters. The molecule has 0 spiro atoms. The number of nitrogens with two attached hydrogens (primary N) is 1. The van der Waals surface area contributed by atoms with Crippen molar-refractivity contribution in [2.45, 2.75) is 19.4 Å². The number of nitrogen functional groups attached to an aromatic ring is 1. The van der Waals surface area contributed by atoms with E-state index in [9.17, 15) is 0 Å². The third-order valence-electron chi connectivity index (χ3n) is 2.30. The number of nitrogens with one attached hydrogen (secondary N) is 1. The maximum absolute atomic E-state index is 5.85. The fourth-order valence-corrected chi connectivity index (χ4v) is 2.68. The van der Waals surface area contributed by atoms with Gasteiger partial charge in [-0.3, -0.25) is 0 Å². The standard InChI is InChI=1S/C12H14ClN3S/c1-8(5-10-3-2-4-17-10)15-12-7-9(14)6-11(13)16-12/h2-4,6-8H,5H2,1H3,(H3,14,15,16). The summed E-state index contributed by atoms with van der Waals surface area (Å²) in [5.41, 5.74) is 6.33. The predicted octanol–water partition coefficient (Wildman–Crippen LogP) is 3.42. The van der Waals surface area contributed by atoms with Gasteiger partial charge in [-0.1, -0.05) is 17.7 Å². The molecule has 17 heavy (non-hydrogen) atoms. The van der Waals surface area contributed by atoms with E-state index < -0.39 is 0 Å². The molecule has 2 aromatic rings. The number of aromatic nitrogens is 1. The second-order valence-corrected chi connectivity index (χ2v) is 5.36. The van der Waals surface area contributed by atoms with Crippen LogP contribution < -0.4 is 11.1 Å². The quantitative estimate of drug-likeness (QED) is 0.835. The molecular formula is C12H14ClN3S. The van der Waals surface area contributed by atoms with Gasteiger partial charge < -0.3 is 11.1 Å². The number of pyridine rings is 1. The van der Waals surface area contributed by atoms with E-state index in [1.165, 1.54) is 4.88 Å². The molecule has 0 aliphatic rings. The van der Waals surface area contributed by atoms with Crippen LogP contribution in [0.4, 0.5) is 11.5 Å². The molecule has 2 aromatic heterocycles. The lowest BCUT2D eigenvalue weighted by Gasteiger charge is -2.14. The summed E-state index contributed by atoms with van der Waals surface area (Å²) in [7, 11) is 0. The average Bonchev–Trinajstić information content (AvgIpc) is 2.67. The molecule has 0 aliphatic carbocycles. The number of rotatable bonds is 4. The summed E-state index contributed by atoms with van der Waals surface area (Å²) in [6, 6.07) is 7.90. The van der Waals surface area contributed by atoms with Crippen molar-refractivity contribution in [1.82, 2.24) is 4.98 Å². The summed E-state index contributed by atoms with van der Waals surface area (Å²) in [5, 5.41) is 5.79. The van der Waals surface area contributed by atoms with Crippen molar-refractivity contribution < 1.29 is 0 Å². The van der Waals surface area contributed by atoms with Gasteiger partial charge in [-0.05, 0) is 24.4 Å². The first kappa shape index (κ1) is 12.2. The van der Waals surface area contributed by atoms with Crippen molar-refractivity contribution in [3.8, 4) is 0 Å². The monoisotopic (exact) mass is 267 g/mol. The highest BCUT2D eigenvalue weighted by Gasteiger charge is 2.06. The Morgan fingerprint density at radius 2 is 2.35 bits per heavy atom. The van der Waals surface area contributed by atoms with Crippen molar-refractivity contribution in [2.24, 2.45) is 0 Å². The van der Waals surface area contributed by atoms with Crippen molar-refractivity contribution in [3.05, 3.63) is 39.7 Å². The number of hydrogen-bond donors (Lipinski definition) is 2. The Morgan fingerprint density at radius 3 is 3.00 bits per heavy atom. The van der Waals surface area contributed by atoms with Crippen LogP contribution in [0.25, 0.3) is 0 Å². The Labute approximate surface area is 110 Å². The highest BCUT2D eigenvalue weighted by molar-refractivity contribution is 7.09. The second-order valence-electron chi connectivity index (χ2n) is 3.94. The maximum atomic E-state index is 5.85. The zero-order valence-electron chi connectivity index (χ0n) is 9.48. The van der Waals surface area contributed by atoms with E-state index in [1.54, 1.807) is 23.5 Å². The zero-order chi connectivity index (χ0) is 12.3. The zero-order valence-corrected chi connectivity index (χ0v) is 11.1. The minimum absolute atomic E-state index is 0.291. The molecule has 3 nitrogen and oxygen atoms in total. The van der Waals surface area contributed by atoms with Gasteiger partial charge in [0.05, 0.1) is 0 Å². The van der Waals surface area contributed by atoms with Crippen LogP contribution in [-0.2, 0) is 6.42 Å². The fraction of sp³-hybridized carbons (Fsp3) is 0.250. The van der Waals surface area contributed by atoms with E-state index >= 15 is 0 Å². The number of nitrogens with zero attached hydrogens (tertiary/aromatic N) is 1. The summed E-state index contributed by atoms with van der Waals surface area (Å²) in [6.07, 6.45) is 0.964. The molecule has 2 rings (SSSR count). The van der Waals surface area contributed by atoms with Gasteiger partial charge in [0.2, 0.25) is 0 Å². The van der Waals surface area contributed by atoms with Gasteiger partial charge in [0.1, 0.15) is 11.0 Å². The van der Waals surface area contributed by atoms with E-state index in [4.69, 9.17) is 17.3 Å². The molecule has 0 saturated carbocycles. The Kier molecular flexibility index (Phi) is 3.86. The SMILES string of the molecule is CC(Cc1cccs1)Nc1cc(N)cc(Cl)n1. The van der Waals surface area contributed by atoms with Gasteiger partial charge in [-0.25, -0.2) is 4.98 Å². The van der Waals surface area contributed by atoms with E-state index in [0.717, 1.165) is 12.2 Å². The molecule has 90 valence electrons. The summed E-state index contributed by atoms with van der Waals surface area (Å²) in [4.78, 5) is 5.53. The molecule has 0 amide bonds. The Balaban J connectivity index is 2.00. The summed E-state index contributed by atoms with van der Waals surface area (Å²) < 4.78 is 0. The molecule has 0 fully saturated rings. The molecule has 0 radical (unpaired) electrons. The number of hydrogen-bond acceptors (Lipinski definition) is 4. The Morgan fingerprint density at radius 1 is 1.53 bits per heavy atom. The number of halogens is 1. The van der Waals surface area contributed by atoms with Crippen LogP contribution in [0.15, 0.2) is 29.6 Å². The smallest absolute Gasteiger partial charge is 0.133 e. The first-order valence-electron chi connectivity index (χ1n) is 5.35. The highest BCUT2D eigenvalue weighted by atomic mass is 35.5. The number of anilines is 2. The van der Waals surface area contributed by atoms with E-state index in [2.05, 4.69) is 34.7 Å². The van der Waals surface area contributed by atoms with Crippen LogP contribution in [-0.4, -0.2) is 11.0 Å².